The molecule has 0 aliphatic carbocycles. The predicted octanol–water partition coefficient (Wildman–Crippen LogP) is 5.13. The van der Waals surface area contributed by atoms with Gasteiger partial charge < -0.3 is 18.3 Å². The molecule has 1 aliphatic rings. The summed E-state index contributed by atoms with van der Waals surface area (Å²) in [6.45, 7) is 9.94. The van der Waals surface area contributed by atoms with Crippen LogP contribution >= 0.6 is 0 Å². The lowest BCUT2D eigenvalue weighted by Crippen LogP contribution is -2.45. The van der Waals surface area contributed by atoms with Gasteiger partial charge in [-0.15, -0.1) is 0 Å². The average molecular weight is 435 g/mol. The average Bonchev–Trinajstić information content (AvgIpc) is 3.37. The Kier molecular flexibility index (Phi) is 5.57. The van der Waals surface area contributed by atoms with Crippen LogP contribution in [0.4, 0.5) is 0 Å². The lowest BCUT2D eigenvalue weighted by molar-refractivity contribution is 0.122. The Morgan fingerprint density at radius 3 is 1.47 bits per heavy atom. The number of furan rings is 2. The molecule has 6 nitrogen and oxygen atoms in total. The number of benzene rings is 2. The van der Waals surface area contributed by atoms with Crippen LogP contribution in [0.2, 0.25) is 0 Å². The fourth-order valence-electron chi connectivity index (χ4n) is 4.69. The third kappa shape index (κ3) is 3.85. The van der Waals surface area contributed by atoms with Gasteiger partial charge in [0.1, 0.15) is 22.7 Å². The van der Waals surface area contributed by atoms with Gasteiger partial charge in [-0.25, -0.2) is 0 Å². The van der Waals surface area contributed by atoms with E-state index in [0.29, 0.717) is 0 Å². The molecular weight excluding hydrogens is 404 g/mol. The van der Waals surface area contributed by atoms with Crippen molar-refractivity contribution in [3.8, 4) is 11.5 Å². The zero-order chi connectivity index (χ0) is 22.2. The first-order chi connectivity index (χ1) is 15.6. The van der Waals surface area contributed by atoms with Crippen molar-refractivity contribution in [2.24, 2.45) is 0 Å². The van der Waals surface area contributed by atoms with Gasteiger partial charge >= 0.3 is 0 Å². The molecule has 2 aromatic carbocycles. The van der Waals surface area contributed by atoms with E-state index in [9.17, 15) is 0 Å². The van der Waals surface area contributed by atoms with Crippen LogP contribution in [0.5, 0.6) is 11.5 Å². The first-order valence-corrected chi connectivity index (χ1v) is 11.1. The van der Waals surface area contributed by atoms with E-state index in [1.54, 1.807) is 14.2 Å². The second-order valence-corrected chi connectivity index (χ2v) is 8.71. The Morgan fingerprint density at radius 1 is 0.688 bits per heavy atom. The molecule has 0 saturated carbocycles. The summed E-state index contributed by atoms with van der Waals surface area (Å²) < 4.78 is 22.6. The highest BCUT2D eigenvalue weighted by molar-refractivity contribution is 5.84. The van der Waals surface area contributed by atoms with Crippen LogP contribution in [0.25, 0.3) is 21.9 Å². The summed E-state index contributed by atoms with van der Waals surface area (Å²) in [5.74, 6) is 1.81. The highest BCUT2D eigenvalue weighted by atomic mass is 16.5. The van der Waals surface area contributed by atoms with E-state index in [2.05, 4.69) is 34.1 Å². The highest BCUT2D eigenvalue weighted by Gasteiger charge is 2.21. The molecule has 168 valence electrons. The fraction of sp³-hybridized carbons (Fsp3) is 0.385. The molecule has 0 unspecified atom stereocenters. The number of hydrogen-bond donors (Lipinski definition) is 0. The van der Waals surface area contributed by atoms with Gasteiger partial charge in [0, 0.05) is 61.2 Å². The van der Waals surface area contributed by atoms with E-state index in [4.69, 9.17) is 18.3 Å². The zero-order valence-corrected chi connectivity index (χ0v) is 19.2. The number of fused-ring (bicyclic) bond motifs is 2. The van der Waals surface area contributed by atoms with Crippen molar-refractivity contribution < 1.29 is 18.3 Å². The SMILES string of the molecule is COc1cc2c(CN3CCN(Cc4coc5cc(C)c(OC)cc45)CC3)coc2cc1C. The van der Waals surface area contributed by atoms with E-state index >= 15 is 0 Å². The van der Waals surface area contributed by atoms with Crippen molar-refractivity contribution in [1.82, 2.24) is 9.80 Å². The van der Waals surface area contributed by atoms with Gasteiger partial charge in [-0.2, -0.15) is 0 Å². The molecule has 1 aliphatic heterocycles. The van der Waals surface area contributed by atoms with Gasteiger partial charge in [0.15, 0.2) is 0 Å². The van der Waals surface area contributed by atoms with Crippen molar-refractivity contribution >= 4 is 21.9 Å². The molecule has 32 heavy (non-hydrogen) atoms. The van der Waals surface area contributed by atoms with Crippen molar-refractivity contribution in [2.75, 3.05) is 40.4 Å². The zero-order valence-electron chi connectivity index (χ0n) is 19.2. The second kappa shape index (κ2) is 8.52. The number of ether oxygens (including phenoxy) is 2. The van der Waals surface area contributed by atoms with Crippen LogP contribution in [0, 0.1) is 13.8 Å². The Balaban J connectivity index is 1.24. The van der Waals surface area contributed by atoms with Crippen LogP contribution in [-0.2, 0) is 13.1 Å². The van der Waals surface area contributed by atoms with Gasteiger partial charge in [0.05, 0.1) is 26.7 Å². The number of hydrogen-bond acceptors (Lipinski definition) is 6. The minimum atomic E-state index is 0.887. The summed E-state index contributed by atoms with van der Waals surface area (Å²) in [6.07, 6.45) is 3.78. The van der Waals surface area contributed by atoms with E-state index in [1.165, 1.54) is 11.1 Å². The van der Waals surface area contributed by atoms with Crippen molar-refractivity contribution in [3.05, 3.63) is 59.0 Å². The Morgan fingerprint density at radius 2 is 1.09 bits per heavy atom. The number of piperazine rings is 1. The largest absolute Gasteiger partial charge is 0.496 e. The highest BCUT2D eigenvalue weighted by Crippen LogP contribution is 2.31. The number of aryl methyl sites for hydroxylation is 2. The molecule has 1 saturated heterocycles. The minimum Gasteiger partial charge on any atom is -0.496 e. The molecule has 6 heteroatoms. The van der Waals surface area contributed by atoms with Crippen LogP contribution in [0.1, 0.15) is 22.3 Å². The summed E-state index contributed by atoms with van der Waals surface area (Å²) in [5, 5.41) is 2.29. The van der Waals surface area contributed by atoms with Gasteiger partial charge in [-0.05, 0) is 49.2 Å². The third-order valence-corrected chi connectivity index (χ3v) is 6.60. The quantitative estimate of drug-likeness (QED) is 0.419. The van der Waals surface area contributed by atoms with Gasteiger partial charge in [-0.3, -0.25) is 9.80 Å². The lowest BCUT2D eigenvalue weighted by atomic mass is 10.1. The van der Waals surface area contributed by atoms with E-state index in [1.807, 2.05) is 26.4 Å². The van der Waals surface area contributed by atoms with E-state index in [-0.39, 0.29) is 0 Å². The van der Waals surface area contributed by atoms with E-state index < -0.39 is 0 Å². The van der Waals surface area contributed by atoms with Crippen LogP contribution in [0.3, 0.4) is 0 Å². The third-order valence-electron chi connectivity index (χ3n) is 6.60. The summed E-state index contributed by atoms with van der Waals surface area (Å²) >= 11 is 0. The predicted molar refractivity (Wildman–Crippen MR) is 126 cm³/mol. The standard InChI is InChI=1S/C26H30N2O4/c1-17-9-25-21(11-23(17)29-3)19(15-31-25)13-27-5-7-28(8-6-27)14-20-16-32-26-10-18(2)24(30-4)12-22(20)26/h9-12,15-16H,5-8,13-14H2,1-4H3. The maximum absolute atomic E-state index is 5.82. The maximum atomic E-state index is 5.82. The Hall–Kier alpha value is -2.96. The normalized spacial score (nSPS) is 15.6. The fourth-order valence-corrected chi connectivity index (χ4v) is 4.69. The molecule has 2 aromatic heterocycles. The van der Waals surface area contributed by atoms with Crippen molar-refractivity contribution in [3.63, 3.8) is 0 Å². The lowest BCUT2D eigenvalue weighted by Gasteiger charge is -2.34. The molecule has 0 amide bonds. The van der Waals surface area contributed by atoms with Gasteiger partial charge in [0.2, 0.25) is 0 Å². The van der Waals surface area contributed by atoms with Gasteiger partial charge in [0.25, 0.3) is 0 Å². The van der Waals surface area contributed by atoms with Crippen LogP contribution in [-0.4, -0.2) is 50.2 Å². The van der Waals surface area contributed by atoms with Gasteiger partial charge in [-0.1, -0.05) is 0 Å². The molecule has 1 fully saturated rings. The van der Waals surface area contributed by atoms with Crippen molar-refractivity contribution in [2.45, 2.75) is 26.9 Å². The Bertz CT molecular complexity index is 1150. The number of nitrogens with zero attached hydrogens (tertiary/aromatic N) is 2. The first kappa shape index (κ1) is 20.9. The summed E-state index contributed by atoms with van der Waals surface area (Å²) in [7, 11) is 3.43. The van der Waals surface area contributed by atoms with Crippen LogP contribution in [0.15, 0.2) is 45.6 Å². The molecular formula is C26H30N2O4. The Labute approximate surface area is 188 Å². The molecule has 4 aromatic rings. The number of rotatable bonds is 6. The monoisotopic (exact) mass is 434 g/mol. The summed E-state index contributed by atoms with van der Waals surface area (Å²) in [4.78, 5) is 4.99. The molecule has 0 atom stereocenters. The maximum Gasteiger partial charge on any atom is 0.134 e. The van der Waals surface area contributed by atoms with Crippen molar-refractivity contribution in [1.29, 1.82) is 0 Å². The smallest absolute Gasteiger partial charge is 0.134 e. The molecule has 0 N–H and O–H groups in total. The first-order valence-electron chi connectivity index (χ1n) is 11.1. The number of methoxy groups -OCH3 is 2. The second-order valence-electron chi connectivity index (χ2n) is 8.71. The van der Waals surface area contributed by atoms with Crippen LogP contribution < -0.4 is 9.47 Å². The molecule has 3 heterocycles. The molecule has 0 bridgehead atoms. The topological polar surface area (TPSA) is 51.2 Å². The summed E-state index contributed by atoms with van der Waals surface area (Å²) in [5.41, 5.74) is 6.47. The molecule has 0 spiro atoms. The molecule has 5 rings (SSSR count). The minimum absolute atomic E-state index is 0.887. The summed E-state index contributed by atoms with van der Waals surface area (Å²) in [6, 6.07) is 8.31. The molecule has 0 radical (unpaired) electrons. The van der Waals surface area contributed by atoms with E-state index in [0.717, 1.165) is 83.8 Å².